The largest absolute Gasteiger partial charge is 0.477 e. The van der Waals surface area contributed by atoms with Crippen molar-refractivity contribution in [1.82, 2.24) is 10.6 Å². The number of hydrogen-bond acceptors (Lipinski definition) is 18. The van der Waals surface area contributed by atoms with Crippen LogP contribution in [0.1, 0.15) is 20.3 Å². The van der Waals surface area contributed by atoms with Crippen molar-refractivity contribution in [3.05, 3.63) is 0 Å². The summed E-state index contributed by atoms with van der Waals surface area (Å²) >= 11 is 0. The Labute approximate surface area is 260 Å². The van der Waals surface area contributed by atoms with Gasteiger partial charge in [-0.15, -0.1) is 0 Å². The van der Waals surface area contributed by atoms with Crippen LogP contribution in [0.15, 0.2) is 0 Å². The van der Waals surface area contributed by atoms with E-state index in [4.69, 9.17) is 23.7 Å². The van der Waals surface area contributed by atoms with Crippen LogP contribution in [0.25, 0.3) is 0 Å². The molecule has 3 aliphatic rings. The highest BCUT2D eigenvalue weighted by Gasteiger charge is 2.57. The van der Waals surface area contributed by atoms with E-state index in [0.717, 1.165) is 13.8 Å². The summed E-state index contributed by atoms with van der Waals surface area (Å²) in [7, 11) is 0. The summed E-state index contributed by atoms with van der Waals surface area (Å²) in [5.41, 5.74) is 0. The third kappa shape index (κ3) is 8.26. The minimum atomic E-state index is -2.84. The molecular formula is C25H42N2O19. The monoisotopic (exact) mass is 674 g/mol. The molecule has 21 nitrogen and oxygen atoms in total. The number of carbonyl (C=O) groups is 3. The molecule has 0 spiro atoms. The van der Waals surface area contributed by atoms with Crippen molar-refractivity contribution >= 4 is 17.8 Å². The van der Waals surface area contributed by atoms with E-state index in [1.807, 2.05) is 0 Å². The maximum Gasteiger partial charge on any atom is 0.364 e. The summed E-state index contributed by atoms with van der Waals surface area (Å²) < 4.78 is 27.2. The van der Waals surface area contributed by atoms with E-state index in [1.54, 1.807) is 0 Å². The molecule has 2 amide bonds. The average molecular weight is 675 g/mol. The Morgan fingerprint density at radius 2 is 1.48 bits per heavy atom. The lowest BCUT2D eigenvalue weighted by molar-refractivity contribution is -0.358. The van der Waals surface area contributed by atoms with Gasteiger partial charge >= 0.3 is 5.97 Å². The third-order valence-corrected chi connectivity index (χ3v) is 7.87. The Kier molecular flexibility index (Phi) is 13.1. The molecule has 3 heterocycles. The van der Waals surface area contributed by atoms with Gasteiger partial charge in [0.15, 0.2) is 12.6 Å². The van der Waals surface area contributed by atoms with Crippen LogP contribution >= 0.6 is 0 Å². The molecular weight excluding hydrogens is 632 g/mol. The van der Waals surface area contributed by atoms with Crippen LogP contribution in [0.2, 0.25) is 0 Å². The maximum atomic E-state index is 12.4. The van der Waals surface area contributed by atoms with Gasteiger partial charge in [0.25, 0.3) is 5.79 Å². The summed E-state index contributed by atoms with van der Waals surface area (Å²) in [6.45, 7) is -0.695. The van der Waals surface area contributed by atoms with Crippen molar-refractivity contribution in [2.24, 2.45) is 0 Å². The second-order valence-corrected chi connectivity index (χ2v) is 11.3. The van der Waals surface area contributed by atoms with Crippen LogP contribution in [0.4, 0.5) is 0 Å². The van der Waals surface area contributed by atoms with E-state index in [2.05, 4.69) is 10.6 Å². The Hall–Kier alpha value is -2.19. The van der Waals surface area contributed by atoms with Gasteiger partial charge in [-0.2, -0.15) is 0 Å². The smallest absolute Gasteiger partial charge is 0.364 e. The Morgan fingerprint density at radius 1 is 0.870 bits per heavy atom. The molecule has 0 aliphatic carbocycles. The molecule has 3 saturated heterocycles. The zero-order chi connectivity index (χ0) is 34.7. The van der Waals surface area contributed by atoms with E-state index >= 15 is 0 Å². The zero-order valence-electron chi connectivity index (χ0n) is 24.7. The minimum absolute atomic E-state index is 0.677. The van der Waals surface area contributed by atoms with Crippen LogP contribution in [-0.2, 0) is 38.1 Å². The number of rotatable bonds is 12. The van der Waals surface area contributed by atoms with E-state index in [9.17, 15) is 70.6 Å². The zero-order valence-corrected chi connectivity index (χ0v) is 24.7. The fourth-order valence-corrected chi connectivity index (χ4v) is 5.46. The van der Waals surface area contributed by atoms with E-state index in [1.165, 1.54) is 0 Å². The number of aliphatic hydroxyl groups excluding tert-OH is 10. The van der Waals surface area contributed by atoms with Crippen molar-refractivity contribution in [3.8, 4) is 0 Å². The lowest BCUT2D eigenvalue weighted by atomic mass is 9.88. The molecule has 3 rings (SSSR count). The van der Waals surface area contributed by atoms with Crippen LogP contribution in [-0.4, -0.2) is 191 Å². The van der Waals surface area contributed by atoms with Gasteiger partial charge in [-0.1, -0.05) is 0 Å². The highest BCUT2D eigenvalue weighted by Crippen LogP contribution is 2.35. The van der Waals surface area contributed by atoms with Crippen LogP contribution in [0.3, 0.4) is 0 Å². The molecule has 266 valence electrons. The number of nitrogens with one attached hydrogen (secondary N) is 2. The summed E-state index contributed by atoms with van der Waals surface area (Å²) in [5, 5.41) is 117. The Morgan fingerprint density at radius 3 is 2.02 bits per heavy atom. The molecule has 46 heavy (non-hydrogen) atoms. The van der Waals surface area contributed by atoms with Gasteiger partial charge in [0.2, 0.25) is 11.8 Å². The average Bonchev–Trinajstić information content (AvgIpc) is 2.99. The van der Waals surface area contributed by atoms with E-state index < -0.39 is 142 Å². The molecule has 0 aromatic heterocycles. The van der Waals surface area contributed by atoms with Crippen molar-refractivity contribution in [2.75, 3.05) is 19.8 Å². The number of ether oxygens (including phenoxy) is 5. The molecule has 0 saturated carbocycles. The van der Waals surface area contributed by atoms with Crippen molar-refractivity contribution in [1.29, 1.82) is 0 Å². The van der Waals surface area contributed by atoms with Crippen LogP contribution in [0, 0.1) is 0 Å². The van der Waals surface area contributed by atoms with Gasteiger partial charge in [-0.3, -0.25) is 9.59 Å². The molecule has 1 unspecified atom stereocenters. The normalized spacial score (nSPS) is 42.9. The molecule has 3 fully saturated rings. The fourth-order valence-electron chi connectivity index (χ4n) is 5.46. The minimum Gasteiger partial charge on any atom is -0.477 e. The number of amides is 2. The number of carboxylic acid groups (broad SMARTS) is 1. The predicted octanol–water partition coefficient (Wildman–Crippen LogP) is -8.08. The standard InChI is InChI=1S/C25H42N2O19/c1-7(30)26-13-9(32)3-25(24(40)41,46-21(13)15(34)10(33)4-28)42-6-12-16(35)18(37)19(38)23(44-12)45-20-11(5-29)43-22(39)14(17(20)36)27-8(2)31/h9-23,28-29,32-39H,3-6H2,1-2H3,(H,26,30)(H,27,31)(H,40,41)/t9-,10+,11+,12+,13+,14+,15-,16-,17+,18-,19+,20+,21+,22?,23-,25+/m0/s1. The first kappa shape index (κ1) is 38.3. The number of aliphatic carboxylic acids is 1. The highest BCUT2D eigenvalue weighted by molar-refractivity contribution is 5.76. The van der Waals surface area contributed by atoms with Gasteiger partial charge < -0.3 is 90.5 Å². The van der Waals surface area contributed by atoms with Crippen molar-refractivity contribution in [2.45, 2.75) is 118 Å². The number of hydrogen-bond donors (Lipinski definition) is 13. The van der Waals surface area contributed by atoms with Crippen LogP contribution < -0.4 is 10.6 Å². The van der Waals surface area contributed by atoms with Crippen molar-refractivity contribution in [3.63, 3.8) is 0 Å². The molecule has 3 aliphatic heterocycles. The van der Waals surface area contributed by atoms with Gasteiger partial charge in [0, 0.05) is 20.3 Å². The molecule has 0 aromatic rings. The highest BCUT2D eigenvalue weighted by atomic mass is 16.8. The first-order valence-corrected chi connectivity index (χ1v) is 14.2. The van der Waals surface area contributed by atoms with Gasteiger partial charge in [0.1, 0.15) is 67.1 Å². The summed E-state index contributed by atoms with van der Waals surface area (Å²) in [4.78, 5) is 35.7. The first-order chi connectivity index (χ1) is 21.5. The topological polar surface area (TPSA) is 344 Å². The number of carbonyl (C=O) groups excluding carboxylic acids is 2. The van der Waals surface area contributed by atoms with Gasteiger partial charge in [0.05, 0.1) is 32.0 Å². The first-order valence-electron chi connectivity index (χ1n) is 14.2. The predicted molar refractivity (Wildman–Crippen MR) is 142 cm³/mol. The van der Waals surface area contributed by atoms with Gasteiger partial charge in [-0.05, 0) is 0 Å². The number of aliphatic hydroxyl groups is 10. The van der Waals surface area contributed by atoms with Crippen LogP contribution in [0.5, 0.6) is 0 Å². The second-order valence-electron chi connectivity index (χ2n) is 11.3. The molecule has 21 heteroatoms. The third-order valence-electron chi connectivity index (χ3n) is 7.87. The summed E-state index contributed by atoms with van der Waals surface area (Å²) in [6, 6.07) is -2.96. The Bertz CT molecular complexity index is 1050. The molecule has 0 aromatic carbocycles. The van der Waals surface area contributed by atoms with E-state index in [0.29, 0.717) is 0 Å². The van der Waals surface area contributed by atoms with Crippen molar-refractivity contribution < 1.29 is 94.2 Å². The quantitative estimate of drug-likeness (QED) is 0.0913. The molecule has 0 radical (unpaired) electrons. The molecule has 0 bridgehead atoms. The molecule has 16 atom stereocenters. The second kappa shape index (κ2) is 15.8. The SMILES string of the molecule is CC(=O)N[C@H]1[C@H]([C@@H](O)[C@H](O)CO)O[C@@](OC[C@H]2O[C@@H](O[C@H]3[C@H](O)[C@@H](NC(C)=O)C(O)O[C@@H]3CO)[C@H](O)[C@@H](O)[C@H]2O)(C(=O)O)C[C@@H]1O. The lowest BCUT2D eigenvalue weighted by Crippen LogP contribution is -2.69. The van der Waals surface area contributed by atoms with Gasteiger partial charge in [-0.25, -0.2) is 4.79 Å². The summed E-state index contributed by atoms with van der Waals surface area (Å²) in [6.07, 6.45) is -24.9. The molecule has 13 N–H and O–H groups in total. The number of carboxylic acids is 1. The lowest BCUT2D eigenvalue weighted by Gasteiger charge is -2.48. The summed E-state index contributed by atoms with van der Waals surface area (Å²) in [5.74, 6) is -6.12. The fraction of sp³-hybridized carbons (Fsp3) is 0.880. The maximum absolute atomic E-state index is 12.4. The Balaban J connectivity index is 1.83. The van der Waals surface area contributed by atoms with E-state index in [-0.39, 0.29) is 0 Å².